The normalized spacial score (nSPS) is 14.2. The Morgan fingerprint density at radius 3 is 2.29 bits per heavy atom. The number of aliphatic carboxylic acids is 1. The number of unbranched alkanes of at least 4 members (excludes halogenated alkanes) is 1. The summed E-state index contributed by atoms with van der Waals surface area (Å²) < 4.78 is 0. The summed E-state index contributed by atoms with van der Waals surface area (Å²) in [6.45, 7) is 1.80. The van der Waals surface area contributed by atoms with Gasteiger partial charge in [0, 0.05) is 29.9 Å². The summed E-state index contributed by atoms with van der Waals surface area (Å²) in [5, 5.41) is 18.2. The molecule has 1 aromatic carbocycles. The molecule has 13 heteroatoms. The first-order valence-corrected chi connectivity index (χ1v) is 12.5. The van der Waals surface area contributed by atoms with Crippen LogP contribution in [0.5, 0.6) is 0 Å². The molecule has 1 heterocycles. The van der Waals surface area contributed by atoms with Crippen molar-refractivity contribution in [3.8, 4) is 0 Å². The van der Waals surface area contributed by atoms with E-state index in [-0.39, 0.29) is 25.7 Å². The highest BCUT2D eigenvalue weighted by atomic mass is 16.4. The van der Waals surface area contributed by atoms with Gasteiger partial charge in [0.05, 0.1) is 6.04 Å². The van der Waals surface area contributed by atoms with Gasteiger partial charge in [0.1, 0.15) is 18.1 Å². The fraction of sp³-hybridized carbons (Fsp3) is 0.480. The van der Waals surface area contributed by atoms with Gasteiger partial charge in [-0.3, -0.25) is 19.2 Å². The molecule has 0 saturated heterocycles. The molecule has 11 N–H and O–H groups in total. The summed E-state index contributed by atoms with van der Waals surface area (Å²) in [5.74, 6) is -3.80. The first-order valence-electron chi connectivity index (χ1n) is 12.5. The number of nitrogens with one attached hydrogen (secondary N) is 4. The number of nitrogens with two attached hydrogens (primary N) is 3. The molecule has 4 unspecified atom stereocenters. The van der Waals surface area contributed by atoms with Gasteiger partial charge >= 0.3 is 5.97 Å². The molecule has 0 aliphatic heterocycles. The third-order valence-corrected chi connectivity index (χ3v) is 6.08. The van der Waals surface area contributed by atoms with E-state index in [1.54, 1.807) is 6.20 Å². The molecule has 13 nitrogen and oxygen atoms in total. The van der Waals surface area contributed by atoms with Crippen LogP contribution in [-0.2, 0) is 30.4 Å². The highest BCUT2D eigenvalue weighted by Gasteiger charge is 2.29. The van der Waals surface area contributed by atoms with Gasteiger partial charge in [-0.2, -0.15) is 0 Å². The zero-order valence-corrected chi connectivity index (χ0v) is 21.4. The van der Waals surface area contributed by atoms with Crippen LogP contribution >= 0.6 is 0 Å². The van der Waals surface area contributed by atoms with Crippen molar-refractivity contribution in [3.63, 3.8) is 0 Å². The Balaban J connectivity index is 2.06. The first kappa shape index (κ1) is 30.3. The first-order chi connectivity index (χ1) is 18.0. The van der Waals surface area contributed by atoms with E-state index < -0.39 is 53.8 Å². The lowest BCUT2D eigenvalue weighted by Crippen LogP contribution is -2.56. The van der Waals surface area contributed by atoms with Crippen molar-refractivity contribution in [2.75, 3.05) is 6.54 Å². The van der Waals surface area contributed by atoms with E-state index in [1.165, 1.54) is 6.92 Å². The number of benzene rings is 1. The van der Waals surface area contributed by atoms with Crippen molar-refractivity contribution in [1.82, 2.24) is 20.9 Å². The fourth-order valence-corrected chi connectivity index (χ4v) is 3.87. The molecule has 2 rings (SSSR count). The summed E-state index contributed by atoms with van der Waals surface area (Å²) in [6, 6.07) is 3.02. The van der Waals surface area contributed by atoms with Crippen LogP contribution < -0.4 is 33.2 Å². The van der Waals surface area contributed by atoms with Crippen molar-refractivity contribution in [2.45, 2.75) is 69.6 Å². The standard InChI is InChI=1S/C25H37N7O6/c1-14(30-23(35)17(27)9-10-21(28)33)22(34)31-19(8-4-5-11-26)24(36)32-20(25(37)38)12-15-13-29-18-7-3-2-6-16(15)18/h2-3,6-7,13-14,17,19-20,29H,4-5,8-12,26-27H2,1H3,(H2,28,33)(H,30,35)(H,31,34)(H,32,36)(H,37,38). The summed E-state index contributed by atoms with van der Waals surface area (Å²) in [4.78, 5) is 64.1. The number of carbonyl (C=O) groups excluding carboxylic acids is 4. The molecule has 0 bridgehead atoms. The van der Waals surface area contributed by atoms with Crippen LogP contribution in [0.15, 0.2) is 30.5 Å². The zero-order valence-electron chi connectivity index (χ0n) is 21.4. The lowest BCUT2D eigenvalue weighted by atomic mass is 10.0. The molecule has 0 radical (unpaired) electrons. The molecular weight excluding hydrogens is 494 g/mol. The lowest BCUT2D eigenvalue weighted by molar-refractivity contribution is -0.142. The molecule has 4 amide bonds. The van der Waals surface area contributed by atoms with E-state index in [0.29, 0.717) is 19.4 Å². The fourth-order valence-electron chi connectivity index (χ4n) is 3.87. The predicted octanol–water partition coefficient (Wildman–Crippen LogP) is -1.01. The minimum atomic E-state index is -1.24. The molecule has 1 aromatic heterocycles. The number of H-pyrrole nitrogens is 1. The number of rotatable bonds is 16. The number of hydrogen-bond donors (Lipinski definition) is 8. The van der Waals surface area contributed by atoms with Gasteiger partial charge in [-0.05, 0) is 50.8 Å². The van der Waals surface area contributed by atoms with Gasteiger partial charge in [-0.25, -0.2) is 4.79 Å². The number of para-hydroxylation sites is 1. The molecule has 2 aromatic rings. The molecule has 0 aliphatic rings. The number of hydrogen-bond acceptors (Lipinski definition) is 7. The van der Waals surface area contributed by atoms with E-state index in [0.717, 1.165) is 16.5 Å². The molecule has 0 aliphatic carbocycles. The van der Waals surface area contributed by atoms with Crippen LogP contribution in [0, 0.1) is 0 Å². The minimum Gasteiger partial charge on any atom is -0.480 e. The van der Waals surface area contributed by atoms with E-state index in [2.05, 4.69) is 20.9 Å². The maximum atomic E-state index is 13.1. The monoisotopic (exact) mass is 531 g/mol. The highest BCUT2D eigenvalue weighted by Crippen LogP contribution is 2.19. The molecular formula is C25H37N7O6. The second-order valence-electron chi connectivity index (χ2n) is 9.15. The second kappa shape index (κ2) is 14.7. The van der Waals surface area contributed by atoms with Crippen molar-refractivity contribution in [1.29, 1.82) is 0 Å². The van der Waals surface area contributed by atoms with Crippen molar-refractivity contribution in [3.05, 3.63) is 36.0 Å². The summed E-state index contributed by atoms with van der Waals surface area (Å²) >= 11 is 0. The summed E-state index contributed by atoms with van der Waals surface area (Å²) in [5.41, 5.74) is 17.9. The van der Waals surface area contributed by atoms with Crippen LogP contribution in [0.1, 0.15) is 44.6 Å². The Labute approximate surface area is 220 Å². The Kier molecular flexibility index (Phi) is 11.7. The molecule has 0 saturated carbocycles. The van der Waals surface area contributed by atoms with Crippen LogP contribution in [0.3, 0.4) is 0 Å². The van der Waals surface area contributed by atoms with E-state index in [4.69, 9.17) is 17.2 Å². The van der Waals surface area contributed by atoms with Gasteiger partial charge in [-0.1, -0.05) is 18.2 Å². The third kappa shape index (κ3) is 9.16. The quantitative estimate of drug-likeness (QED) is 0.125. The number of fused-ring (bicyclic) bond motifs is 1. The second-order valence-corrected chi connectivity index (χ2v) is 9.15. The van der Waals surface area contributed by atoms with E-state index >= 15 is 0 Å². The van der Waals surface area contributed by atoms with Crippen molar-refractivity contribution < 1.29 is 29.1 Å². The summed E-state index contributed by atoms with van der Waals surface area (Å²) in [6.07, 6.45) is 2.99. The van der Waals surface area contributed by atoms with Gasteiger partial charge < -0.3 is 43.2 Å². The largest absolute Gasteiger partial charge is 0.480 e. The van der Waals surface area contributed by atoms with Crippen LogP contribution in [0.4, 0.5) is 0 Å². The highest BCUT2D eigenvalue weighted by molar-refractivity contribution is 5.94. The zero-order chi connectivity index (χ0) is 28.2. The Bertz CT molecular complexity index is 1130. The number of aromatic amines is 1. The maximum absolute atomic E-state index is 13.1. The van der Waals surface area contributed by atoms with E-state index in [9.17, 15) is 29.1 Å². The van der Waals surface area contributed by atoms with Gasteiger partial charge in [-0.15, -0.1) is 0 Å². The van der Waals surface area contributed by atoms with E-state index in [1.807, 2.05) is 24.3 Å². The Morgan fingerprint density at radius 1 is 0.947 bits per heavy atom. The molecule has 4 atom stereocenters. The van der Waals surface area contributed by atoms with Crippen molar-refractivity contribution >= 4 is 40.5 Å². The molecule has 0 fully saturated rings. The Morgan fingerprint density at radius 2 is 1.63 bits per heavy atom. The topological polar surface area (TPSA) is 236 Å². The number of aromatic nitrogens is 1. The summed E-state index contributed by atoms with van der Waals surface area (Å²) in [7, 11) is 0. The lowest BCUT2D eigenvalue weighted by Gasteiger charge is -2.24. The smallest absolute Gasteiger partial charge is 0.326 e. The minimum absolute atomic E-state index is 0.0205. The van der Waals surface area contributed by atoms with Crippen molar-refractivity contribution in [2.24, 2.45) is 17.2 Å². The maximum Gasteiger partial charge on any atom is 0.326 e. The molecule has 38 heavy (non-hydrogen) atoms. The number of carboxylic acid groups (broad SMARTS) is 1. The van der Waals surface area contributed by atoms with Crippen LogP contribution in [-0.4, -0.2) is 70.4 Å². The average Bonchev–Trinajstić information content (AvgIpc) is 3.28. The number of carboxylic acids is 1. The van der Waals surface area contributed by atoms with Gasteiger partial charge in [0.25, 0.3) is 0 Å². The number of primary amides is 1. The van der Waals surface area contributed by atoms with Crippen LogP contribution in [0.2, 0.25) is 0 Å². The molecule has 208 valence electrons. The third-order valence-electron chi connectivity index (χ3n) is 6.08. The Hall–Kier alpha value is -3.97. The number of amides is 4. The SMILES string of the molecule is CC(NC(=O)C(N)CCC(N)=O)C(=O)NC(CCCCN)C(=O)NC(Cc1c[nH]c2ccccc12)C(=O)O. The van der Waals surface area contributed by atoms with Gasteiger partial charge in [0.2, 0.25) is 23.6 Å². The predicted molar refractivity (Wildman–Crippen MR) is 140 cm³/mol. The average molecular weight is 532 g/mol. The van der Waals surface area contributed by atoms with Crippen LogP contribution in [0.25, 0.3) is 10.9 Å². The number of carbonyl (C=O) groups is 5. The molecule has 0 spiro atoms. The van der Waals surface area contributed by atoms with Gasteiger partial charge in [0.15, 0.2) is 0 Å².